The summed E-state index contributed by atoms with van der Waals surface area (Å²) in [6.45, 7) is 0.478. The Morgan fingerprint density at radius 2 is 1.69 bits per heavy atom. The molecule has 1 aromatic heterocycles. The van der Waals surface area contributed by atoms with Crippen molar-refractivity contribution in [1.82, 2.24) is 10.3 Å². The average molecular weight is 449 g/mol. The quantitative estimate of drug-likeness (QED) is 0.405. The van der Waals surface area contributed by atoms with Crippen LogP contribution in [0.15, 0.2) is 89.5 Å². The Labute approximate surface area is 178 Å². The maximum atomic E-state index is 12.4. The lowest BCUT2D eigenvalue weighted by molar-refractivity contribution is -0.123. The summed E-state index contributed by atoms with van der Waals surface area (Å²) in [4.78, 5) is 15.7. The summed E-state index contributed by atoms with van der Waals surface area (Å²) in [5.74, 6) is 0.567. The summed E-state index contributed by atoms with van der Waals surface area (Å²) >= 11 is 3.39. The van der Waals surface area contributed by atoms with E-state index in [0.717, 1.165) is 15.6 Å². The Balaban J connectivity index is 1.47. The van der Waals surface area contributed by atoms with Crippen molar-refractivity contribution in [1.29, 1.82) is 0 Å². The molecule has 0 saturated carbocycles. The molecule has 0 bridgehead atoms. The van der Waals surface area contributed by atoms with Crippen LogP contribution in [0.2, 0.25) is 0 Å². The second kappa shape index (κ2) is 8.97. The predicted molar refractivity (Wildman–Crippen MR) is 119 cm³/mol. The Kier molecular flexibility index (Phi) is 5.96. The van der Waals surface area contributed by atoms with Crippen LogP contribution in [-0.2, 0) is 4.79 Å². The number of halogens is 1. The fourth-order valence-electron chi connectivity index (χ4n) is 3.42. The van der Waals surface area contributed by atoms with Gasteiger partial charge in [-0.05, 0) is 41.5 Å². The van der Waals surface area contributed by atoms with Gasteiger partial charge in [-0.1, -0.05) is 64.5 Å². The lowest BCUT2D eigenvalue weighted by Gasteiger charge is -2.18. The fraction of sp³-hybridized carbons (Fsp3) is 0.125. The molecule has 0 aliphatic carbocycles. The van der Waals surface area contributed by atoms with Crippen molar-refractivity contribution in [2.75, 3.05) is 13.2 Å². The standard InChI is InChI=1S/C24H21BrN2O2/c25-18-10-12-19(13-11-18)29-16-24(28)27-14-21(17-6-2-1-3-7-17)22-15-26-23-9-5-4-8-20(22)23/h1-13,15,21,26H,14,16H2,(H,27,28)/t21-/m1/s1. The van der Waals surface area contributed by atoms with Crippen molar-refractivity contribution in [3.05, 3.63) is 101 Å². The molecule has 2 N–H and O–H groups in total. The van der Waals surface area contributed by atoms with Crippen molar-refractivity contribution in [2.45, 2.75) is 5.92 Å². The van der Waals surface area contributed by atoms with Gasteiger partial charge in [0.2, 0.25) is 0 Å². The molecule has 0 aliphatic heterocycles. The molecule has 1 atom stereocenters. The summed E-state index contributed by atoms with van der Waals surface area (Å²) in [5.41, 5.74) is 3.42. The van der Waals surface area contributed by atoms with Crippen LogP contribution in [-0.4, -0.2) is 24.0 Å². The lowest BCUT2D eigenvalue weighted by atomic mass is 9.91. The molecule has 0 radical (unpaired) electrons. The van der Waals surface area contributed by atoms with Gasteiger partial charge in [0, 0.05) is 34.0 Å². The fourth-order valence-corrected chi connectivity index (χ4v) is 3.69. The van der Waals surface area contributed by atoms with Crippen LogP contribution in [0.5, 0.6) is 5.75 Å². The number of H-pyrrole nitrogens is 1. The molecule has 0 fully saturated rings. The molecule has 0 saturated heterocycles. The zero-order chi connectivity index (χ0) is 20.1. The first kappa shape index (κ1) is 19.3. The van der Waals surface area contributed by atoms with E-state index in [0.29, 0.717) is 12.3 Å². The van der Waals surface area contributed by atoms with Gasteiger partial charge in [0.25, 0.3) is 5.91 Å². The second-order valence-electron chi connectivity index (χ2n) is 6.80. The number of hydrogen-bond donors (Lipinski definition) is 2. The smallest absolute Gasteiger partial charge is 0.257 e. The molecular weight excluding hydrogens is 428 g/mol. The highest BCUT2D eigenvalue weighted by Gasteiger charge is 2.19. The second-order valence-corrected chi connectivity index (χ2v) is 7.72. The molecular formula is C24H21BrN2O2. The number of para-hydroxylation sites is 1. The molecule has 29 heavy (non-hydrogen) atoms. The number of ether oxygens (including phenoxy) is 1. The summed E-state index contributed by atoms with van der Waals surface area (Å²) in [6, 6.07) is 25.9. The topological polar surface area (TPSA) is 54.1 Å². The number of benzene rings is 3. The van der Waals surface area contributed by atoms with E-state index in [9.17, 15) is 4.79 Å². The number of aromatic nitrogens is 1. The highest BCUT2D eigenvalue weighted by molar-refractivity contribution is 9.10. The number of amides is 1. The molecule has 4 nitrogen and oxygen atoms in total. The van der Waals surface area contributed by atoms with Gasteiger partial charge in [0.05, 0.1) is 0 Å². The largest absolute Gasteiger partial charge is 0.484 e. The SMILES string of the molecule is O=C(COc1ccc(Br)cc1)NC[C@H](c1ccccc1)c1c[nH]c2ccccc12. The third kappa shape index (κ3) is 4.69. The van der Waals surface area contributed by atoms with E-state index in [1.165, 1.54) is 10.9 Å². The van der Waals surface area contributed by atoms with Crippen molar-refractivity contribution >= 4 is 32.7 Å². The van der Waals surface area contributed by atoms with Crippen LogP contribution in [0.3, 0.4) is 0 Å². The zero-order valence-corrected chi connectivity index (χ0v) is 17.4. The molecule has 1 heterocycles. The van der Waals surface area contributed by atoms with Crippen molar-refractivity contribution < 1.29 is 9.53 Å². The van der Waals surface area contributed by atoms with Gasteiger partial charge >= 0.3 is 0 Å². The summed E-state index contributed by atoms with van der Waals surface area (Å²) < 4.78 is 6.55. The van der Waals surface area contributed by atoms with E-state index < -0.39 is 0 Å². The van der Waals surface area contributed by atoms with Gasteiger partial charge in [0.1, 0.15) is 5.75 Å². The number of fused-ring (bicyclic) bond motifs is 1. The molecule has 4 rings (SSSR count). The van der Waals surface area contributed by atoms with Gasteiger partial charge in [-0.2, -0.15) is 0 Å². The van der Waals surface area contributed by atoms with Gasteiger partial charge in [-0.15, -0.1) is 0 Å². The van der Waals surface area contributed by atoms with Gasteiger partial charge in [0.15, 0.2) is 6.61 Å². The van der Waals surface area contributed by atoms with Crippen molar-refractivity contribution in [3.63, 3.8) is 0 Å². The molecule has 146 valence electrons. The molecule has 0 spiro atoms. The van der Waals surface area contributed by atoms with E-state index in [-0.39, 0.29) is 18.4 Å². The Bertz CT molecular complexity index is 1090. The van der Waals surface area contributed by atoms with E-state index in [2.05, 4.69) is 50.5 Å². The van der Waals surface area contributed by atoms with Crippen LogP contribution in [0.1, 0.15) is 17.0 Å². The molecule has 0 aliphatic rings. The monoisotopic (exact) mass is 448 g/mol. The Hall–Kier alpha value is -3.05. The van der Waals surface area contributed by atoms with Crippen molar-refractivity contribution in [2.24, 2.45) is 0 Å². The van der Waals surface area contributed by atoms with Crippen LogP contribution in [0.25, 0.3) is 10.9 Å². The van der Waals surface area contributed by atoms with Crippen molar-refractivity contribution in [3.8, 4) is 5.75 Å². The maximum Gasteiger partial charge on any atom is 0.257 e. The van der Waals surface area contributed by atoms with Crippen LogP contribution in [0, 0.1) is 0 Å². The van der Waals surface area contributed by atoms with E-state index in [1.807, 2.05) is 60.8 Å². The number of hydrogen-bond acceptors (Lipinski definition) is 2. The lowest BCUT2D eigenvalue weighted by Crippen LogP contribution is -2.32. The Morgan fingerprint density at radius 3 is 2.48 bits per heavy atom. The number of rotatable bonds is 7. The third-order valence-electron chi connectivity index (χ3n) is 4.89. The highest BCUT2D eigenvalue weighted by atomic mass is 79.9. The van der Waals surface area contributed by atoms with Crippen LogP contribution < -0.4 is 10.1 Å². The first-order valence-corrected chi connectivity index (χ1v) is 10.3. The van der Waals surface area contributed by atoms with Gasteiger partial charge in [-0.25, -0.2) is 0 Å². The van der Waals surface area contributed by atoms with Crippen LogP contribution >= 0.6 is 15.9 Å². The average Bonchev–Trinajstić information content (AvgIpc) is 3.18. The minimum absolute atomic E-state index is 0.0168. The molecule has 3 aromatic carbocycles. The number of carbonyl (C=O) groups is 1. The predicted octanol–water partition coefficient (Wildman–Crippen LogP) is 5.26. The van der Waals surface area contributed by atoms with E-state index in [4.69, 9.17) is 4.74 Å². The van der Waals surface area contributed by atoms with E-state index >= 15 is 0 Å². The summed E-state index contributed by atoms with van der Waals surface area (Å²) in [5, 5.41) is 4.20. The summed E-state index contributed by atoms with van der Waals surface area (Å²) in [7, 11) is 0. The minimum Gasteiger partial charge on any atom is -0.484 e. The maximum absolute atomic E-state index is 12.4. The van der Waals surface area contributed by atoms with E-state index in [1.54, 1.807) is 0 Å². The van der Waals surface area contributed by atoms with Gasteiger partial charge < -0.3 is 15.0 Å². The number of carbonyl (C=O) groups excluding carboxylic acids is 1. The number of nitrogens with one attached hydrogen (secondary N) is 2. The minimum atomic E-state index is -0.145. The summed E-state index contributed by atoms with van der Waals surface area (Å²) in [6.07, 6.45) is 2.03. The highest BCUT2D eigenvalue weighted by Crippen LogP contribution is 2.30. The normalized spacial score (nSPS) is 11.9. The molecule has 0 unspecified atom stereocenters. The molecule has 1 amide bonds. The zero-order valence-electron chi connectivity index (χ0n) is 15.8. The van der Waals surface area contributed by atoms with Gasteiger partial charge in [-0.3, -0.25) is 4.79 Å². The Morgan fingerprint density at radius 1 is 0.966 bits per heavy atom. The van der Waals surface area contributed by atoms with Crippen LogP contribution in [0.4, 0.5) is 0 Å². The first-order chi connectivity index (χ1) is 14.2. The third-order valence-corrected chi connectivity index (χ3v) is 5.41. The first-order valence-electron chi connectivity index (χ1n) is 9.47. The molecule has 5 heteroatoms. The molecule has 4 aromatic rings. The number of aromatic amines is 1.